The van der Waals surface area contributed by atoms with Gasteiger partial charge < -0.3 is 9.47 Å². The van der Waals surface area contributed by atoms with E-state index in [2.05, 4.69) is 23.9 Å². The van der Waals surface area contributed by atoms with Crippen LogP contribution in [0.1, 0.15) is 25.8 Å². The number of thiazole rings is 1. The standard InChI is InChI=1S/C17H19N3O3S/c1-11(2)6-7-23-13-5-4-12(8-14(13)22-3)9-15-16(21)20-17(24-15)18-10-19-20/h4-5,8-11H,6-7H2,1-3H3/b15-9-. The van der Waals surface area contributed by atoms with Crippen LogP contribution >= 0.6 is 11.3 Å². The molecule has 0 N–H and O–H groups in total. The molecule has 0 aliphatic carbocycles. The van der Waals surface area contributed by atoms with E-state index in [9.17, 15) is 4.79 Å². The predicted octanol–water partition coefficient (Wildman–Crippen LogP) is 2.13. The number of ether oxygens (including phenoxy) is 2. The van der Waals surface area contributed by atoms with Crippen molar-refractivity contribution in [1.29, 1.82) is 0 Å². The summed E-state index contributed by atoms with van der Waals surface area (Å²) in [7, 11) is 1.61. The highest BCUT2D eigenvalue weighted by Crippen LogP contribution is 2.28. The molecule has 0 atom stereocenters. The van der Waals surface area contributed by atoms with Gasteiger partial charge in [0.2, 0.25) is 4.96 Å². The third-order valence-electron chi connectivity index (χ3n) is 3.56. The molecule has 0 spiro atoms. The third-order valence-corrected chi connectivity index (χ3v) is 4.53. The summed E-state index contributed by atoms with van der Waals surface area (Å²) in [4.78, 5) is 16.8. The Bertz CT molecular complexity index is 946. The van der Waals surface area contributed by atoms with Gasteiger partial charge >= 0.3 is 0 Å². The maximum Gasteiger partial charge on any atom is 0.291 e. The van der Waals surface area contributed by atoms with E-state index in [0.717, 1.165) is 12.0 Å². The lowest BCUT2D eigenvalue weighted by atomic mass is 10.1. The van der Waals surface area contributed by atoms with Crippen LogP contribution in [0, 0.1) is 5.92 Å². The van der Waals surface area contributed by atoms with E-state index < -0.39 is 0 Å². The Morgan fingerprint density at radius 3 is 2.88 bits per heavy atom. The molecule has 3 aromatic rings. The second kappa shape index (κ2) is 7.00. The van der Waals surface area contributed by atoms with Crippen molar-refractivity contribution >= 4 is 22.4 Å². The first-order chi connectivity index (χ1) is 11.6. The highest BCUT2D eigenvalue weighted by Gasteiger charge is 2.08. The minimum Gasteiger partial charge on any atom is -0.493 e. The molecular formula is C17H19N3O3S. The van der Waals surface area contributed by atoms with Crippen molar-refractivity contribution in [3.8, 4) is 11.5 Å². The Morgan fingerprint density at radius 1 is 1.33 bits per heavy atom. The van der Waals surface area contributed by atoms with E-state index in [-0.39, 0.29) is 5.56 Å². The van der Waals surface area contributed by atoms with Crippen molar-refractivity contribution in [1.82, 2.24) is 14.6 Å². The van der Waals surface area contributed by atoms with Gasteiger partial charge in [0.1, 0.15) is 6.33 Å². The van der Waals surface area contributed by atoms with Crippen molar-refractivity contribution in [2.75, 3.05) is 13.7 Å². The van der Waals surface area contributed by atoms with Crippen molar-refractivity contribution in [3.63, 3.8) is 0 Å². The summed E-state index contributed by atoms with van der Waals surface area (Å²) < 4.78 is 13.1. The van der Waals surface area contributed by atoms with Crippen molar-refractivity contribution in [2.24, 2.45) is 5.92 Å². The largest absolute Gasteiger partial charge is 0.493 e. The minimum atomic E-state index is -0.163. The van der Waals surface area contributed by atoms with Crippen LogP contribution in [-0.4, -0.2) is 28.3 Å². The highest BCUT2D eigenvalue weighted by molar-refractivity contribution is 7.15. The number of fused-ring (bicyclic) bond motifs is 1. The molecule has 2 aromatic heterocycles. The van der Waals surface area contributed by atoms with Gasteiger partial charge in [-0.05, 0) is 36.1 Å². The summed E-state index contributed by atoms with van der Waals surface area (Å²) in [5.74, 6) is 1.95. The Labute approximate surface area is 143 Å². The molecule has 6 nitrogen and oxygen atoms in total. The van der Waals surface area contributed by atoms with Gasteiger partial charge in [-0.3, -0.25) is 4.79 Å². The Morgan fingerprint density at radius 2 is 2.17 bits per heavy atom. The summed E-state index contributed by atoms with van der Waals surface area (Å²) in [6.07, 6.45) is 4.17. The van der Waals surface area contributed by atoms with Gasteiger partial charge in [0.05, 0.1) is 18.2 Å². The normalized spacial score (nSPS) is 12.2. The van der Waals surface area contributed by atoms with Crippen LogP contribution in [0.2, 0.25) is 0 Å². The zero-order valence-corrected chi connectivity index (χ0v) is 14.7. The summed E-state index contributed by atoms with van der Waals surface area (Å²) in [5.41, 5.74) is 0.702. The number of rotatable bonds is 6. The second-order valence-corrected chi connectivity index (χ2v) is 6.82. The fourth-order valence-electron chi connectivity index (χ4n) is 2.23. The Kier molecular flexibility index (Phi) is 4.80. The number of hydrogen-bond donors (Lipinski definition) is 0. The van der Waals surface area contributed by atoms with Crippen molar-refractivity contribution in [2.45, 2.75) is 20.3 Å². The monoisotopic (exact) mass is 345 g/mol. The first-order valence-corrected chi connectivity index (χ1v) is 8.55. The lowest BCUT2D eigenvalue weighted by Crippen LogP contribution is -2.23. The minimum absolute atomic E-state index is 0.163. The molecule has 7 heteroatoms. The average Bonchev–Trinajstić information content (AvgIpc) is 3.12. The van der Waals surface area contributed by atoms with Gasteiger partial charge in [0.25, 0.3) is 5.56 Å². The van der Waals surface area contributed by atoms with E-state index in [4.69, 9.17) is 9.47 Å². The van der Waals surface area contributed by atoms with Crippen LogP contribution in [0.15, 0.2) is 29.3 Å². The second-order valence-electron chi connectivity index (χ2n) is 5.81. The fraction of sp³-hybridized carbons (Fsp3) is 0.353. The van der Waals surface area contributed by atoms with E-state index in [1.54, 1.807) is 7.11 Å². The van der Waals surface area contributed by atoms with Gasteiger partial charge in [0.15, 0.2) is 11.5 Å². The molecule has 0 saturated carbocycles. The van der Waals surface area contributed by atoms with E-state index in [1.165, 1.54) is 22.2 Å². The number of hydrogen-bond acceptors (Lipinski definition) is 6. The smallest absolute Gasteiger partial charge is 0.291 e. The van der Waals surface area contributed by atoms with Crippen LogP contribution in [0.25, 0.3) is 11.0 Å². The van der Waals surface area contributed by atoms with Crippen LogP contribution in [0.4, 0.5) is 0 Å². The van der Waals surface area contributed by atoms with Gasteiger partial charge in [-0.1, -0.05) is 31.3 Å². The zero-order chi connectivity index (χ0) is 17.1. The highest BCUT2D eigenvalue weighted by atomic mass is 32.1. The molecule has 0 bridgehead atoms. The van der Waals surface area contributed by atoms with Gasteiger partial charge in [0, 0.05) is 0 Å². The van der Waals surface area contributed by atoms with Crippen LogP contribution < -0.4 is 19.6 Å². The topological polar surface area (TPSA) is 65.7 Å². The Hall–Kier alpha value is -2.41. The summed E-state index contributed by atoms with van der Waals surface area (Å²) in [6, 6.07) is 5.63. The zero-order valence-electron chi connectivity index (χ0n) is 13.9. The van der Waals surface area contributed by atoms with Crippen LogP contribution in [0.5, 0.6) is 11.5 Å². The molecule has 24 heavy (non-hydrogen) atoms. The lowest BCUT2D eigenvalue weighted by Gasteiger charge is -2.12. The Balaban J connectivity index is 1.89. The molecule has 0 aliphatic heterocycles. The lowest BCUT2D eigenvalue weighted by molar-refractivity contribution is 0.273. The van der Waals surface area contributed by atoms with Gasteiger partial charge in [-0.15, -0.1) is 0 Å². The molecule has 3 rings (SSSR count). The maximum atomic E-state index is 12.2. The first kappa shape index (κ1) is 16.4. The quantitative estimate of drug-likeness (QED) is 0.685. The molecule has 126 valence electrons. The van der Waals surface area contributed by atoms with Gasteiger partial charge in [-0.25, -0.2) is 4.98 Å². The van der Waals surface area contributed by atoms with Gasteiger partial charge in [-0.2, -0.15) is 9.61 Å². The van der Waals surface area contributed by atoms with E-state index >= 15 is 0 Å². The predicted molar refractivity (Wildman–Crippen MR) is 93.9 cm³/mol. The van der Waals surface area contributed by atoms with Crippen molar-refractivity contribution in [3.05, 3.63) is 45.0 Å². The molecule has 0 unspecified atom stereocenters. The SMILES string of the molecule is COc1cc(/C=c2\sc3ncnn3c2=O)ccc1OCCC(C)C. The maximum absolute atomic E-state index is 12.2. The molecule has 0 amide bonds. The molecule has 0 saturated heterocycles. The average molecular weight is 345 g/mol. The summed E-state index contributed by atoms with van der Waals surface area (Å²) >= 11 is 1.31. The van der Waals surface area contributed by atoms with Crippen LogP contribution in [-0.2, 0) is 0 Å². The molecule has 0 aliphatic rings. The molecule has 0 fully saturated rings. The number of benzene rings is 1. The summed E-state index contributed by atoms with van der Waals surface area (Å²) in [6.45, 7) is 4.97. The molecule has 2 heterocycles. The van der Waals surface area contributed by atoms with E-state index in [1.807, 2.05) is 24.3 Å². The molecule has 1 aromatic carbocycles. The molecule has 0 radical (unpaired) electrons. The third kappa shape index (κ3) is 3.41. The number of aromatic nitrogens is 3. The first-order valence-electron chi connectivity index (χ1n) is 7.73. The number of nitrogens with zero attached hydrogens (tertiary/aromatic N) is 3. The van der Waals surface area contributed by atoms with E-state index in [0.29, 0.717) is 33.5 Å². The van der Waals surface area contributed by atoms with Crippen LogP contribution in [0.3, 0.4) is 0 Å². The molecular weight excluding hydrogens is 326 g/mol. The summed E-state index contributed by atoms with van der Waals surface area (Å²) in [5, 5.41) is 3.92. The number of methoxy groups -OCH3 is 1. The van der Waals surface area contributed by atoms with Crippen molar-refractivity contribution < 1.29 is 9.47 Å². The fourth-order valence-corrected chi connectivity index (χ4v) is 3.11.